The van der Waals surface area contributed by atoms with E-state index in [2.05, 4.69) is 25.5 Å². The Hall–Kier alpha value is -0.960. The predicted octanol–water partition coefficient (Wildman–Crippen LogP) is 2.61. The number of nitrogens with two attached hydrogens (primary N) is 1. The normalized spacial score (nSPS) is 22.7. The van der Waals surface area contributed by atoms with E-state index < -0.39 is 20.0 Å². The van der Waals surface area contributed by atoms with E-state index in [9.17, 15) is 16.8 Å². The van der Waals surface area contributed by atoms with Gasteiger partial charge in [-0.05, 0) is 55.2 Å². The third-order valence-corrected chi connectivity index (χ3v) is 7.94. The summed E-state index contributed by atoms with van der Waals surface area (Å²) in [5.74, 6) is 0.601. The Bertz CT molecular complexity index is 809. The summed E-state index contributed by atoms with van der Waals surface area (Å²) in [5.41, 5.74) is 0.271. The van der Waals surface area contributed by atoms with Gasteiger partial charge in [0.25, 0.3) is 0 Å². The van der Waals surface area contributed by atoms with Crippen LogP contribution in [0.3, 0.4) is 0 Å². The third kappa shape index (κ3) is 5.03. The van der Waals surface area contributed by atoms with Crippen molar-refractivity contribution in [2.45, 2.75) is 68.7 Å². The van der Waals surface area contributed by atoms with Crippen molar-refractivity contribution in [3.8, 4) is 0 Å². The number of benzene rings is 1. The van der Waals surface area contributed by atoms with Crippen LogP contribution in [0.2, 0.25) is 0 Å². The van der Waals surface area contributed by atoms with Crippen LogP contribution in [0.4, 0.5) is 0 Å². The maximum atomic E-state index is 12.6. The Balaban J connectivity index is 2.08. The fourth-order valence-electron chi connectivity index (χ4n) is 3.39. The van der Waals surface area contributed by atoms with Crippen molar-refractivity contribution < 1.29 is 16.8 Å². The van der Waals surface area contributed by atoms with Gasteiger partial charge in [-0.1, -0.05) is 33.3 Å². The van der Waals surface area contributed by atoms with Crippen molar-refractivity contribution in [1.82, 2.24) is 4.72 Å². The summed E-state index contributed by atoms with van der Waals surface area (Å²) in [7, 11) is -7.71. The topological polar surface area (TPSA) is 106 Å². The number of rotatable bonds is 6. The summed E-state index contributed by atoms with van der Waals surface area (Å²) >= 11 is 0. The second-order valence-corrected chi connectivity index (χ2v) is 10.8. The van der Waals surface area contributed by atoms with Gasteiger partial charge in [0.1, 0.15) is 0 Å². The van der Waals surface area contributed by atoms with Crippen LogP contribution in [0, 0.1) is 11.3 Å². The van der Waals surface area contributed by atoms with Gasteiger partial charge in [-0.3, -0.25) is 0 Å². The first-order chi connectivity index (χ1) is 11.5. The largest absolute Gasteiger partial charge is 0.240 e. The maximum Gasteiger partial charge on any atom is 0.240 e. The molecule has 1 aromatic carbocycles. The molecule has 0 spiro atoms. The molecule has 0 aliphatic heterocycles. The molecule has 25 heavy (non-hydrogen) atoms. The molecule has 1 aliphatic carbocycles. The molecule has 0 heterocycles. The lowest BCUT2D eigenvalue weighted by Crippen LogP contribution is -2.39. The zero-order valence-corrected chi connectivity index (χ0v) is 16.7. The van der Waals surface area contributed by atoms with Gasteiger partial charge in [-0.2, -0.15) is 0 Å². The SMILES string of the molecule is CCC(C)(C)C1CCC(NS(=O)(=O)c2cccc(S(N)(=O)=O)c2)CC1. The first-order valence-corrected chi connectivity index (χ1v) is 11.6. The summed E-state index contributed by atoms with van der Waals surface area (Å²) in [5, 5.41) is 5.08. The molecule has 142 valence electrons. The maximum absolute atomic E-state index is 12.6. The molecule has 1 fully saturated rings. The molecular formula is C17H28N2O4S2. The zero-order chi connectivity index (χ0) is 18.9. The smallest absolute Gasteiger partial charge is 0.225 e. The molecule has 0 unspecified atom stereocenters. The van der Waals surface area contributed by atoms with Crippen LogP contribution < -0.4 is 9.86 Å². The second kappa shape index (κ2) is 7.34. The van der Waals surface area contributed by atoms with E-state index in [1.54, 1.807) is 0 Å². The highest BCUT2D eigenvalue weighted by Crippen LogP contribution is 2.40. The minimum Gasteiger partial charge on any atom is -0.225 e. The van der Waals surface area contributed by atoms with Gasteiger partial charge in [0.15, 0.2) is 0 Å². The lowest BCUT2D eigenvalue weighted by Gasteiger charge is -2.39. The average Bonchev–Trinajstić information content (AvgIpc) is 2.54. The minimum atomic E-state index is -3.94. The molecule has 0 amide bonds. The van der Waals surface area contributed by atoms with Crippen LogP contribution in [0.15, 0.2) is 34.1 Å². The van der Waals surface area contributed by atoms with Crippen molar-refractivity contribution in [3.05, 3.63) is 24.3 Å². The van der Waals surface area contributed by atoms with Crippen molar-refractivity contribution in [2.75, 3.05) is 0 Å². The van der Waals surface area contributed by atoms with Crippen LogP contribution in [0.1, 0.15) is 52.9 Å². The molecule has 0 atom stereocenters. The van der Waals surface area contributed by atoms with E-state index in [0.29, 0.717) is 5.92 Å². The molecule has 1 saturated carbocycles. The lowest BCUT2D eigenvalue weighted by molar-refractivity contribution is 0.142. The lowest BCUT2D eigenvalue weighted by atomic mass is 9.69. The van der Waals surface area contributed by atoms with Crippen LogP contribution in [-0.2, 0) is 20.0 Å². The number of nitrogens with one attached hydrogen (secondary N) is 1. The minimum absolute atomic E-state index is 0.0740. The quantitative estimate of drug-likeness (QED) is 0.781. The Morgan fingerprint density at radius 3 is 2.16 bits per heavy atom. The van der Waals surface area contributed by atoms with E-state index >= 15 is 0 Å². The molecule has 0 aromatic heterocycles. The van der Waals surface area contributed by atoms with E-state index in [0.717, 1.165) is 38.2 Å². The van der Waals surface area contributed by atoms with Gasteiger partial charge in [0, 0.05) is 6.04 Å². The summed E-state index contributed by atoms with van der Waals surface area (Å²) < 4.78 is 50.7. The van der Waals surface area contributed by atoms with E-state index in [1.807, 2.05) is 0 Å². The summed E-state index contributed by atoms with van der Waals surface area (Å²) in [6, 6.07) is 5.03. The van der Waals surface area contributed by atoms with Gasteiger partial charge in [0.05, 0.1) is 9.79 Å². The summed E-state index contributed by atoms with van der Waals surface area (Å²) in [6.07, 6.45) is 4.68. The highest BCUT2D eigenvalue weighted by atomic mass is 32.2. The molecule has 1 aromatic rings. The second-order valence-electron chi connectivity index (χ2n) is 7.53. The van der Waals surface area contributed by atoms with E-state index in [-0.39, 0.29) is 21.2 Å². The highest BCUT2D eigenvalue weighted by molar-refractivity contribution is 7.90. The molecule has 0 bridgehead atoms. The summed E-state index contributed by atoms with van der Waals surface area (Å²) in [6.45, 7) is 6.72. The number of hydrogen-bond donors (Lipinski definition) is 2. The standard InChI is InChI=1S/C17H28N2O4S2/c1-4-17(2,3)13-8-10-14(11-9-13)19-25(22,23)16-7-5-6-15(12-16)24(18,20)21/h5-7,12-14,19H,4,8-11H2,1-3H3,(H2,18,20,21). The van der Waals surface area contributed by atoms with Gasteiger partial charge in [-0.25, -0.2) is 26.7 Å². The highest BCUT2D eigenvalue weighted by Gasteiger charge is 2.33. The first kappa shape index (κ1) is 20.4. The Morgan fingerprint density at radius 2 is 1.64 bits per heavy atom. The van der Waals surface area contributed by atoms with E-state index in [4.69, 9.17) is 5.14 Å². The molecule has 1 aliphatic rings. The zero-order valence-electron chi connectivity index (χ0n) is 15.0. The van der Waals surface area contributed by atoms with Gasteiger partial charge >= 0.3 is 0 Å². The van der Waals surface area contributed by atoms with Crippen molar-refractivity contribution in [1.29, 1.82) is 0 Å². The molecule has 6 nitrogen and oxygen atoms in total. The number of sulfonamides is 2. The Morgan fingerprint density at radius 1 is 1.08 bits per heavy atom. The molecular weight excluding hydrogens is 360 g/mol. The Labute approximate surface area is 151 Å². The van der Waals surface area contributed by atoms with Crippen molar-refractivity contribution >= 4 is 20.0 Å². The fraction of sp³-hybridized carbons (Fsp3) is 0.647. The van der Waals surface area contributed by atoms with Crippen LogP contribution in [0.5, 0.6) is 0 Å². The van der Waals surface area contributed by atoms with Crippen LogP contribution >= 0.6 is 0 Å². The molecule has 3 N–H and O–H groups in total. The molecule has 8 heteroatoms. The summed E-state index contributed by atoms with van der Waals surface area (Å²) in [4.78, 5) is -0.279. The molecule has 2 rings (SSSR count). The number of hydrogen-bond acceptors (Lipinski definition) is 4. The fourth-order valence-corrected chi connectivity index (χ4v) is 5.37. The monoisotopic (exact) mass is 388 g/mol. The van der Waals surface area contributed by atoms with Crippen LogP contribution in [0.25, 0.3) is 0 Å². The van der Waals surface area contributed by atoms with Crippen LogP contribution in [-0.4, -0.2) is 22.9 Å². The van der Waals surface area contributed by atoms with E-state index in [1.165, 1.54) is 18.2 Å². The first-order valence-electron chi connectivity index (χ1n) is 8.61. The van der Waals surface area contributed by atoms with Gasteiger partial charge in [0.2, 0.25) is 20.0 Å². The molecule has 0 saturated heterocycles. The third-order valence-electron chi connectivity index (χ3n) is 5.51. The molecule has 0 radical (unpaired) electrons. The van der Waals surface area contributed by atoms with Crippen molar-refractivity contribution in [3.63, 3.8) is 0 Å². The number of primary sulfonamides is 1. The predicted molar refractivity (Wildman–Crippen MR) is 98.0 cm³/mol. The Kier molecular flexibility index (Phi) is 5.98. The average molecular weight is 389 g/mol. The van der Waals surface area contributed by atoms with Crippen molar-refractivity contribution in [2.24, 2.45) is 16.5 Å². The van der Waals surface area contributed by atoms with Gasteiger partial charge in [-0.15, -0.1) is 0 Å². The van der Waals surface area contributed by atoms with Gasteiger partial charge < -0.3 is 0 Å².